The highest BCUT2D eigenvalue weighted by Gasteiger charge is 2.45. The molecule has 1 aliphatic heterocycles. The number of esters is 2. The minimum atomic E-state index is -1.71. The van der Waals surface area contributed by atoms with Crippen molar-refractivity contribution in [3.8, 4) is 0 Å². The Kier molecular flexibility index (Phi) is 37.4. The van der Waals surface area contributed by atoms with Crippen molar-refractivity contribution in [2.24, 2.45) is 0 Å². The standard InChI is InChI=1S/C62H103NO11/c1-3-5-7-9-11-13-15-17-18-19-20-21-22-23-24-25-27-29-31-33-41-47-55(65)63-52(49-71-62-58(68)57(67)56(66)54(48-64)73-62)59(74-61(70)51-44-38-35-39-45-51)53(72-60(69)50-42-36-34-37-43-50)46-40-32-30-28-26-16-14-12-10-8-6-4-2/h34-39,42-45,52-54,56-59,62,64,66-68H,3-33,40-41,46-49H2,1-2H3,(H,63,65)/t52-,53+,54+,56-,57-,58+,59-,62-/m0/s1. The number of rotatable bonds is 46. The van der Waals surface area contributed by atoms with Gasteiger partial charge in [-0.05, 0) is 43.5 Å². The number of carbonyl (C=O) groups excluding carboxylic acids is 3. The Morgan fingerprint density at radius 2 is 0.878 bits per heavy atom. The van der Waals surface area contributed by atoms with Gasteiger partial charge in [0.2, 0.25) is 5.91 Å². The summed E-state index contributed by atoms with van der Waals surface area (Å²) in [5.41, 5.74) is 0.573. The summed E-state index contributed by atoms with van der Waals surface area (Å²) in [5, 5.41) is 45.0. The molecule has 0 spiro atoms. The van der Waals surface area contributed by atoms with E-state index in [0.717, 1.165) is 44.9 Å². The molecular formula is C62H103NO11. The summed E-state index contributed by atoms with van der Waals surface area (Å²) in [6, 6.07) is 15.9. The van der Waals surface area contributed by atoms with Crippen molar-refractivity contribution in [2.45, 2.75) is 288 Å². The van der Waals surface area contributed by atoms with E-state index in [1.165, 1.54) is 154 Å². The second kappa shape index (κ2) is 42.7. The lowest BCUT2D eigenvalue weighted by molar-refractivity contribution is -0.303. The van der Waals surface area contributed by atoms with Gasteiger partial charge in [-0.25, -0.2) is 9.59 Å². The van der Waals surface area contributed by atoms with Gasteiger partial charge in [0, 0.05) is 6.42 Å². The first-order valence-corrected chi connectivity index (χ1v) is 29.9. The minimum absolute atomic E-state index is 0.197. The van der Waals surface area contributed by atoms with Gasteiger partial charge in [-0.3, -0.25) is 4.79 Å². The Hall–Kier alpha value is -3.39. The molecule has 2 aromatic rings. The van der Waals surface area contributed by atoms with E-state index in [4.69, 9.17) is 18.9 Å². The molecule has 0 aliphatic carbocycles. The van der Waals surface area contributed by atoms with E-state index in [1.54, 1.807) is 60.7 Å². The zero-order valence-electron chi connectivity index (χ0n) is 46.2. The third-order valence-corrected chi connectivity index (χ3v) is 14.8. The van der Waals surface area contributed by atoms with E-state index in [1.807, 2.05) is 0 Å². The molecule has 0 aromatic heterocycles. The summed E-state index contributed by atoms with van der Waals surface area (Å²) in [7, 11) is 0. The van der Waals surface area contributed by atoms with Crippen LogP contribution in [0.15, 0.2) is 60.7 Å². The van der Waals surface area contributed by atoms with Crippen molar-refractivity contribution in [1.82, 2.24) is 5.32 Å². The minimum Gasteiger partial charge on any atom is -0.455 e. The average molecular weight is 1040 g/mol. The molecule has 1 amide bonds. The predicted octanol–water partition coefficient (Wildman–Crippen LogP) is 13.4. The van der Waals surface area contributed by atoms with Crippen LogP contribution >= 0.6 is 0 Å². The first kappa shape index (κ1) is 64.9. The summed E-state index contributed by atoms with van der Waals surface area (Å²) in [6.07, 6.45) is 30.6. The van der Waals surface area contributed by atoms with Crippen LogP contribution in [-0.4, -0.2) is 100 Å². The summed E-state index contributed by atoms with van der Waals surface area (Å²) >= 11 is 0. The molecule has 1 heterocycles. The molecule has 1 saturated heterocycles. The molecule has 2 aromatic carbocycles. The first-order valence-electron chi connectivity index (χ1n) is 29.9. The van der Waals surface area contributed by atoms with Crippen molar-refractivity contribution >= 4 is 17.8 Å². The molecule has 422 valence electrons. The number of aliphatic hydroxyl groups is 4. The van der Waals surface area contributed by atoms with Crippen molar-refractivity contribution in [2.75, 3.05) is 13.2 Å². The molecule has 74 heavy (non-hydrogen) atoms. The quantitative estimate of drug-likeness (QED) is 0.0314. The van der Waals surface area contributed by atoms with Gasteiger partial charge in [-0.15, -0.1) is 0 Å². The van der Waals surface area contributed by atoms with Crippen LogP contribution in [0.1, 0.15) is 259 Å². The van der Waals surface area contributed by atoms with Gasteiger partial charge in [-0.1, -0.05) is 249 Å². The fraction of sp³-hybridized carbons (Fsp3) is 0.758. The van der Waals surface area contributed by atoms with Gasteiger partial charge >= 0.3 is 11.9 Å². The summed E-state index contributed by atoms with van der Waals surface area (Å²) in [6.45, 7) is 3.45. The van der Waals surface area contributed by atoms with Gasteiger partial charge in [0.05, 0.1) is 30.4 Å². The molecule has 3 rings (SSSR count). The van der Waals surface area contributed by atoms with Gasteiger partial charge in [0.15, 0.2) is 12.4 Å². The maximum Gasteiger partial charge on any atom is 0.338 e. The molecule has 1 aliphatic rings. The maximum absolute atomic E-state index is 14.0. The Labute approximate surface area is 447 Å². The van der Waals surface area contributed by atoms with Crippen LogP contribution in [0.3, 0.4) is 0 Å². The predicted molar refractivity (Wildman–Crippen MR) is 296 cm³/mol. The van der Waals surface area contributed by atoms with Crippen LogP contribution in [0.5, 0.6) is 0 Å². The van der Waals surface area contributed by atoms with Gasteiger partial charge in [-0.2, -0.15) is 0 Å². The van der Waals surface area contributed by atoms with Crippen molar-refractivity contribution in [1.29, 1.82) is 0 Å². The second-order valence-electron chi connectivity index (χ2n) is 21.2. The number of aliphatic hydroxyl groups excluding tert-OH is 4. The SMILES string of the molecule is CCCCCCCCCCCCCCCCCCCCCCCC(=O)N[C@@H](CO[C@H]1O[C@H](CO)[C@H](O)[C@H](O)[C@H]1O)[C@H](OC(=O)c1ccccc1)[C@@H](CCCCCCCCCCCCCC)OC(=O)c1ccccc1. The Bertz CT molecular complexity index is 1660. The third-order valence-electron chi connectivity index (χ3n) is 14.8. The van der Waals surface area contributed by atoms with Crippen LogP contribution in [0.2, 0.25) is 0 Å². The number of amides is 1. The van der Waals surface area contributed by atoms with Crippen molar-refractivity contribution in [3.63, 3.8) is 0 Å². The van der Waals surface area contributed by atoms with Gasteiger partial charge in [0.25, 0.3) is 0 Å². The highest BCUT2D eigenvalue weighted by molar-refractivity contribution is 5.90. The van der Waals surface area contributed by atoms with E-state index in [2.05, 4.69) is 19.2 Å². The van der Waals surface area contributed by atoms with E-state index in [9.17, 15) is 34.8 Å². The Morgan fingerprint density at radius 1 is 0.500 bits per heavy atom. The molecule has 0 saturated carbocycles. The van der Waals surface area contributed by atoms with Crippen LogP contribution < -0.4 is 5.32 Å². The van der Waals surface area contributed by atoms with Crippen LogP contribution in [0.4, 0.5) is 0 Å². The molecule has 8 atom stereocenters. The van der Waals surface area contributed by atoms with E-state index < -0.39 is 74.1 Å². The summed E-state index contributed by atoms with van der Waals surface area (Å²) < 4.78 is 24.4. The van der Waals surface area contributed by atoms with Crippen LogP contribution in [0, 0.1) is 0 Å². The molecule has 12 nitrogen and oxygen atoms in total. The van der Waals surface area contributed by atoms with Crippen molar-refractivity contribution in [3.05, 3.63) is 71.8 Å². The second-order valence-corrected chi connectivity index (χ2v) is 21.2. The number of nitrogens with one attached hydrogen (secondary N) is 1. The number of benzene rings is 2. The van der Waals surface area contributed by atoms with E-state index in [0.29, 0.717) is 24.8 Å². The number of ether oxygens (including phenoxy) is 4. The maximum atomic E-state index is 14.0. The smallest absolute Gasteiger partial charge is 0.338 e. The normalized spacial score (nSPS) is 18.9. The number of unbranched alkanes of at least 4 members (excludes halogenated alkanes) is 31. The van der Waals surface area contributed by atoms with Gasteiger partial charge < -0.3 is 44.7 Å². The zero-order chi connectivity index (χ0) is 53.3. The largest absolute Gasteiger partial charge is 0.455 e. The average Bonchev–Trinajstić information content (AvgIpc) is 3.42. The van der Waals surface area contributed by atoms with E-state index >= 15 is 0 Å². The molecule has 5 N–H and O–H groups in total. The number of hydrogen-bond acceptors (Lipinski definition) is 11. The lowest BCUT2D eigenvalue weighted by atomic mass is 9.97. The highest BCUT2D eigenvalue weighted by Crippen LogP contribution is 2.26. The molecule has 1 fully saturated rings. The molecule has 0 radical (unpaired) electrons. The number of carbonyl (C=O) groups is 3. The molecule has 12 heteroatoms. The summed E-state index contributed by atoms with van der Waals surface area (Å²) in [4.78, 5) is 41.8. The topological polar surface area (TPSA) is 181 Å². The monoisotopic (exact) mass is 1040 g/mol. The number of hydrogen-bond donors (Lipinski definition) is 5. The lowest BCUT2D eigenvalue weighted by Gasteiger charge is -2.40. The fourth-order valence-electron chi connectivity index (χ4n) is 10.1. The van der Waals surface area contributed by atoms with Crippen LogP contribution in [-0.2, 0) is 23.7 Å². The lowest BCUT2D eigenvalue weighted by Crippen LogP contribution is -2.60. The van der Waals surface area contributed by atoms with Crippen LogP contribution in [0.25, 0.3) is 0 Å². The Balaban J connectivity index is 1.63. The van der Waals surface area contributed by atoms with E-state index in [-0.39, 0.29) is 17.9 Å². The molecular weight excluding hydrogens is 935 g/mol. The molecule has 0 bridgehead atoms. The zero-order valence-corrected chi connectivity index (χ0v) is 46.2. The first-order chi connectivity index (χ1) is 36.2. The van der Waals surface area contributed by atoms with Crippen molar-refractivity contribution < 1.29 is 53.8 Å². The molecule has 0 unspecified atom stereocenters. The highest BCUT2D eigenvalue weighted by atomic mass is 16.7. The third kappa shape index (κ3) is 28.7. The fourth-order valence-corrected chi connectivity index (χ4v) is 10.1. The Morgan fingerprint density at radius 3 is 1.28 bits per heavy atom. The van der Waals surface area contributed by atoms with Gasteiger partial charge in [0.1, 0.15) is 30.5 Å². The summed E-state index contributed by atoms with van der Waals surface area (Å²) in [5.74, 6) is -1.62.